The third kappa shape index (κ3) is 7.64. The minimum atomic E-state index is -0.348. The number of benzene rings is 2. The number of unbranched alkanes of at least 4 members (excludes halogenated alkanes) is 1. The van der Waals surface area contributed by atoms with E-state index in [4.69, 9.17) is 0 Å². The molecule has 0 radical (unpaired) electrons. The fourth-order valence-electron chi connectivity index (χ4n) is 3.02. The van der Waals surface area contributed by atoms with Crippen molar-refractivity contribution in [2.24, 2.45) is 0 Å². The Morgan fingerprint density at radius 3 is 2.21 bits per heavy atom. The number of carbonyl (C=O) groups is 2. The van der Waals surface area contributed by atoms with E-state index >= 15 is 0 Å². The number of hydrogen-bond acceptors (Lipinski definition) is 4. The maximum Gasteiger partial charge on any atom is 0.318 e. The fourth-order valence-corrected chi connectivity index (χ4v) is 3.81. The first-order valence-corrected chi connectivity index (χ1v) is 11.6. The van der Waals surface area contributed by atoms with Gasteiger partial charge in [-0.2, -0.15) is 0 Å². The van der Waals surface area contributed by atoms with Gasteiger partial charge in [-0.05, 0) is 41.8 Å². The zero-order chi connectivity index (χ0) is 23.6. The second-order valence-electron chi connectivity index (χ2n) is 7.50. The predicted molar refractivity (Wildman–Crippen MR) is 124 cm³/mol. The fraction of sp³-hybridized carbons (Fsp3) is 0.292. The predicted octanol–water partition coefficient (Wildman–Crippen LogP) is 4.86. The first-order chi connectivity index (χ1) is 15.9. The van der Waals surface area contributed by atoms with Gasteiger partial charge in [0.1, 0.15) is 22.3 Å². The first-order valence-electron chi connectivity index (χ1n) is 10.7. The van der Waals surface area contributed by atoms with E-state index in [1.54, 1.807) is 34.5 Å². The highest BCUT2D eigenvalue weighted by atomic mass is 32.1. The molecular weight excluding hydrogens is 446 g/mol. The Labute approximate surface area is 195 Å². The number of aromatic nitrogens is 1. The summed E-state index contributed by atoms with van der Waals surface area (Å²) in [6.07, 6.45) is 1.83. The van der Waals surface area contributed by atoms with Gasteiger partial charge in [-0.15, -0.1) is 11.3 Å². The molecule has 0 atom stereocenters. The van der Waals surface area contributed by atoms with Gasteiger partial charge in [-0.25, -0.2) is 18.6 Å². The third-order valence-corrected chi connectivity index (χ3v) is 5.69. The van der Waals surface area contributed by atoms with E-state index in [0.717, 1.165) is 24.0 Å². The highest BCUT2D eigenvalue weighted by Gasteiger charge is 2.18. The largest absolute Gasteiger partial charge is 0.347 e. The van der Waals surface area contributed by atoms with Crippen LogP contribution in [0.4, 0.5) is 13.6 Å². The molecule has 3 aromatic rings. The van der Waals surface area contributed by atoms with Gasteiger partial charge >= 0.3 is 6.03 Å². The van der Waals surface area contributed by atoms with Crippen molar-refractivity contribution in [3.05, 3.63) is 87.4 Å². The highest BCUT2D eigenvalue weighted by Crippen LogP contribution is 2.16. The van der Waals surface area contributed by atoms with Gasteiger partial charge in [0.15, 0.2) is 0 Å². The topological polar surface area (TPSA) is 74.3 Å². The van der Waals surface area contributed by atoms with Crippen LogP contribution >= 0.6 is 11.3 Å². The number of nitrogens with one attached hydrogen (secondary N) is 2. The normalized spacial score (nSPS) is 10.6. The van der Waals surface area contributed by atoms with E-state index in [0.29, 0.717) is 11.6 Å². The van der Waals surface area contributed by atoms with Crippen LogP contribution in [0.1, 0.15) is 46.4 Å². The molecular formula is C24H26F2N4O2S. The smallest absolute Gasteiger partial charge is 0.318 e. The monoisotopic (exact) mass is 472 g/mol. The lowest BCUT2D eigenvalue weighted by Crippen LogP contribution is -2.39. The average molecular weight is 473 g/mol. The molecule has 0 fully saturated rings. The highest BCUT2D eigenvalue weighted by molar-refractivity contribution is 7.09. The molecule has 2 aromatic carbocycles. The summed E-state index contributed by atoms with van der Waals surface area (Å²) in [5.74, 6) is -1.02. The number of urea groups is 1. The quantitative estimate of drug-likeness (QED) is 0.414. The van der Waals surface area contributed by atoms with E-state index in [2.05, 4.69) is 15.6 Å². The van der Waals surface area contributed by atoms with Crippen LogP contribution in [0, 0.1) is 11.6 Å². The molecule has 33 heavy (non-hydrogen) atoms. The summed E-state index contributed by atoms with van der Waals surface area (Å²) >= 11 is 1.29. The number of hydrogen-bond donors (Lipinski definition) is 2. The van der Waals surface area contributed by atoms with Crippen LogP contribution in [0.2, 0.25) is 0 Å². The Morgan fingerprint density at radius 2 is 1.58 bits per heavy atom. The van der Waals surface area contributed by atoms with Crippen molar-refractivity contribution in [2.45, 2.75) is 39.4 Å². The van der Waals surface area contributed by atoms with Crippen LogP contribution in [0.5, 0.6) is 0 Å². The summed E-state index contributed by atoms with van der Waals surface area (Å²) in [6.45, 7) is 3.35. The summed E-state index contributed by atoms with van der Waals surface area (Å²) < 4.78 is 26.3. The second-order valence-corrected chi connectivity index (χ2v) is 8.45. The van der Waals surface area contributed by atoms with E-state index in [9.17, 15) is 18.4 Å². The van der Waals surface area contributed by atoms with E-state index in [1.165, 1.54) is 35.6 Å². The van der Waals surface area contributed by atoms with Gasteiger partial charge in [-0.3, -0.25) is 4.79 Å². The van der Waals surface area contributed by atoms with Crippen LogP contribution in [-0.4, -0.2) is 28.4 Å². The van der Waals surface area contributed by atoms with Crippen molar-refractivity contribution >= 4 is 23.3 Å². The zero-order valence-electron chi connectivity index (χ0n) is 18.3. The molecule has 1 aromatic heterocycles. The molecule has 0 aliphatic heterocycles. The van der Waals surface area contributed by atoms with Crippen molar-refractivity contribution in [3.63, 3.8) is 0 Å². The van der Waals surface area contributed by atoms with Crippen LogP contribution < -0.4 is 10.6 Å². The molecule has 0 aliphatic carbocycles. The molecule has 0 saturated heterocycles. The van der Waals surface area contributed by atoms with E-state index in [-0.39, 0.29) is 48.9 Å². The number of amides is 3. The standard InChI is InChI=1S/C24H26F2N4O2S/c1-2-3-12-27-24(32)30(14-18-6-10-20(26)11-7-18)15-22-29-21(16-33-22)23(31)28-13-17-4-8-19(25)9-5-17/h4-11,16H,2-3,12-15H2,1H3,(H,27,32)(H,28,31). The van der Waals surface area contributed by atoms with Crippen molar-refractivity contribution in [2.75, 3.05) is 6.54 Å². The van der Waals surface area contributed by atoms with Crippen molar-refractivity contribution in [1.29, 1.82) is 0 Å². The summed E-state index contributed by atoms with van der Waals surface area (Å²) in [6, 6.07) is 11.6. The van der Waals surface area contributed by atoms with Crippen LogP contribution in [0.15, 0.2) is 53.9 Å². The molecule has 0 aliphatic rings. The Bertz CT molecular complexity index is 1060. The van der Waals surface area contributed by atoms with Crippen LogP contribution in [0.3, 0.4) is 0 Å². The molecule has 6 nitrogen and oxygen atoms in total. The van der Waals surface area contributed by atoms with Gasteiger partial charge in [0.05, 0.1) is 6.54 Å². The summed E-state index contributed by atoms with van der Waals surface area (Å²) in [5.41, 5.74) is 1.82. The molecule has 0 saturated carbocycles. The van der Waals surface area contributed by atoms with Crippen LogP contribution in [-0.2, 0) is 19.6 Å². The first kappa shape index (κ1) is 24.3. The molecule has 0 unspecified atom stereocenters. The summed E-state index contributed by atoms with van der Waals surface area (Å²) in [5, 5.41) is 7.89. The summed E-state index contributed by atoms with van der Waals surface area (Å²) in [4.78, 5) is 31.1. The van der Waals surface area contributed by atoms with Crippen molar-refractivity contribution in [1.82, 2.24) is 20.5 Å². The van der Waals surface area contributed by atoms with Crippen molar-refractivity contribution in [3.8, 4) is 0 Å². The molecule has 3 amide bonds. The zero-order valence-corrected chi connectivity index (χ0v) is 19.1. The number of halogens is 2. The number of nitrogens with zero attached hydrogens (tertiary/aromatic N) is 2. The van der Waals surface area contributed by atoms with Crippen molar-refractivity contribution < 1.29 is 18.4 Å². The molecule has 0 spiro atoms. The lowest BCUT2D eigenvalue weighted by Gasteiger charge is -2.22. The van der Waals surface area contributed by atoms with Gasteiger partial charge in [0, 0.05) is 25.0 Å². The van der Waals surface area contributed by atoms with Crippen LogP contribution in [0.25, 0.3) is 0 Å². The lowest BCUT2D eigenvalue weighted by molar-refractivity contribution is 0.0946. The number of rotatable bonds is 10. The van der Waals surface area contributed by atoms with Gasteiger partial charge < -0.3 is 15.5 Å². The Kier molecular flexibility index (Phi) is 8.88. The third-order valence-electron chi connectivity index (χ3n) is 4.86. The van der Waals surface area contributed by atoms with E-state index in [1.807, 2.05) is 6.92 Å². The summed E-state index contributed by atoms with van der Waals surface area (Å²) in [7, 11) is 0. The SMILES string of the molecule is CCCCNC(=O)N(Cc1ccc(F)cc1)Cc1nc(C(=O)NCc2ccc(F)cc2)cs1. The van der Waals surface area contributed by atoms with E-state index < -0.39 is 0 Å². The Hall–Kier alpha value is -3.33. The lowest BCUT2D eigenvalue weighted by atomic mass is 10.2. The molecule has 0 bridgehead atoms. The minimum absolute atomic E-state index is 0.214. The maximum atomic E-state index is 13.2. The Morgan fingerprint density at radius 1 is 0.939 bits per heavy atom. The molecule has 1 heterocycles. The second kappa shape index (κ2) is 12.1. The minimum Gasteiger partial charge on any atom is -0.347 e. The number of thiazole rings is 1. The average Bonchev–Trinajstić information content (AvgIpc) is 3.28. The molecule has 3 rings (SSSR count). The Balaban J connectivity index is 1.63. The van der Waals surface area contributed by atoms with Gasteiger partial charge in [-0.1, -0.05) is 37.6 Å². The maximum absolute atomic E-state index is 13.2. The van der Waals surface area contributed by atoms with Gasteiger partial charge in [0.25, 0.3) is 5.91 Å². The van der Waals surface area contributed by atoms with Gasteiger partial charge in [0.2, 0.25) is 0 Å². The number of carbonyl (C=O) groups excluding carboxylic acids is 2. The molecule has 174 valence electrons. The molecule has 9 heteroatoms. The molecule has 2 N–H and O–H groups in total.